The van der Waals surface area contributed by atoms with Gasteiger partial charge >= 0.3 is 0 Å². The van der Waals surface area contributed by atoms with E-state index in [9.17, 15) is 19.8 Å². The number of nitrogens with zero attached hydrogens (tertiary/aromatic N) is 1. The van der Waals surface area contributed by atoms with Crippen molar-refractivity contribution < 1.29 is 19.8 Å². The molecule has 36 heavy (non-hydrogen) atoms. The van der Waals surface area contributed by atoms with E-state index in [1.54, 1.807) is 12.2 Å². The quantitative estimate of drug-likeness (QED) is 0.556. The lowest BCUT2D eigenvalue weighted by molar-refractivity contribution is -0.189. The van der Waals surface area contributed by atoms with Gasteiger partial charge in [0.15, 0.2) is 11.4 Å². The predicted molar refractivity (Wildman–Crippen MR) is 138 cm³/mol. The van der Waals surface area contributed by atoms with Crippen LogP contribution >= 0.6 is 11.6 Å². The molecule has 6 heteroatoms. The van der Waals surface area contributed by atoms with E-state index >= 15 is 0 Å². The summed E-state index contributed by atoms with van der Waals surface area (Å²) in [5, 5.41) is 24.2. The third-order valence-electron chi connectivity index (χ3n) is 11.0. The number of hydrogen-bond acceptors (Lipinski definition) is 4. The zero-order valence-corrected chi connectivity index (χ0v) is 22.1. The van der Waals surface area contributed by atoms with Crippen molar-refractivity contribution in [3.63, 3.8) is 0 Å². The molecule has 3 saturated carbocycles. The molecule has 1 heterocycles. The maximum atomic E-state index is 14.2. The lowest BCUT2D eigenvalue weighted by atomic mass is 9.45. The van der Waals surface area contributed by atoms with Crippen LogP contribution in [0.5, 0.6) is 0 Å². The van der Waals surface area contributed by atoms with Crippen LogP contribution in [-0.2, 0) is 22.6 Å². The van der Waals surface area contributed by atoms with E-state index in [0.29, 0.717) is 19.5 Å². The smallest absolute Gasteiger partial charge is 0.255 e. The Bertz CT molecular complexity index is 1210. The van der Waals surface area contributed by atoms with Gasteiger partial charge in [-0.25, -0.2) is 0 Å². The number of benzene rings is 1. The van der Waals surface area contributed by atoms with Crippen molar-refractivity contribution in [1.29, 1.82) is 0 Å². The molecular formula is C30H36ClNO4. The number of carbonyl (C=O) groups is 2. The van der Waals surface area contributed by atoms with Crippen LogP contribution in [0.2, 0.25) is 0 Å². The van der Waals surface area contributed by atoms with Crippen LogP contribution in [0, 0.1) is 28.6 Å². The fourth-order valence-electron chi connectivity index (χ4n) is 8.91. The van der Waals surface area contributed by atoms with Gasteiger partial charge in [0, 0.05) is 23.9 Å². The number of aliphatic hydroxyl groups is 2. The zero-order valence-electron chi connectivity index (χ0n) is 21.3. The lowest BCUT2D eigenvalue weighted by Crippen LogP contribution is -2.69. The van der Waals surface area contributed by atoms with Crippen molar-refractivity contribution >= 4 is 23.3 Å². The topological polar surface area (TPSA) is 77.8 Å². The number of halogens is 1. The summed E-state index contributed by atoms with van der Waals surface area (Å²) < 4.78 is 0. The molecule has 0 saturated heterocycles. The highest BCUT2D eigenvalue weighted by molar-refractivity contribution is 6.26. The monoisotopic (exact) mass is 509 g/mol. The Morgan fingerprint density at radius 2 is 1.86 bits per heavy atom. The summed E-state index contributed by atoms with van der Waals surface area (Å²) in [6.45, 7) is 7.11. The first-order chi connectivity index (χ1) is 17.0. The highest BCUT2D eigenvalue weighted by Gasteiger charge is 2.75. The molecule has 0 bridgehead atoms. The molecule has 1 aromatic carbocycles. The van der Waals surface area contributed by atoms with E-state index in [0.717, 1.165) is 30.4 Å². The normalized spacial score (nSPS) is 45.3. The van der Waals surface area contributed by atoms with E-state index in [2.05, 4.69) is 12.1 Å². The van der Waals surface area contributed by atoms with E-state index in [4.69, 9.17) is 11.6 Å². The number of amides is 1. The van der Waals surface area contributed by atoms with Crippen molar-refractivity contribution in [3.05, 3.63) is 59.2 Å². The van der Waals surface area contributed by atoms with Crippen molar-refractivity contribution in [1.82, 2.24) is 4.90 Å². The molecule has 192 valence electrons. The summed E-state index contributed by atoms with van der Waals surface area (Å²) in [5.74, 6) is -0.594. The third kappa shape index (κ3) is 2.85. The van der Waals surface area contributed by atoms with Gasteiger partial charge in [-0.05, 0) is 73.1 Å². The van der Waals surface area contributed by atoms with E-state index < -0.39 is 27.4 Å². The van der Waals surface area contributed by atoms with Crippen molar-refractivity contribution in [2.45, 2.75) is 76.0 Å². The van der Waals surface area contributed by atoms with Crippen molar-refractivity contribution in [2.24, 2.45) is 28.6 Å². The Morgan fingerprint density at radius 3 is 2.61 bits per heavy atom. The summed E-state index contributed by atoms with van der Waals surface area (Å²) >= 11 is 7.51. The third-order valence-corrected chi connectivity index (χ3v) is 11.9. The number of allylic oxidation sites excluding steroid dienone is 4. The molecule has 6 rings (SSSR count). The molecule has 1 aliphatic heterocycles. The van der Waals surface area contributed by atoms with Gasteiger partial charge in [0.1, 0.15) is 0 Å². The van der Waals surface area contributed by atoms with Gasteiger partial charge < -0.3 is 15.1 Å². The highest BCUT2D eigenvalue weighted by Crippen LogP contribution is 2.71. The number of ketones is 1. The van der Waals surface area contributed by atoms with Crippen LogP contribution in [0.1, 0.15) is 57.6 Å². The molecular weight excluding hydrogens is 474 g/mol. The number of aliphatic hydroxyl groups excluding tert-OH is 1. The van der Waals surface area contributed by atoms with E-state index in [-0.39, 0.29) is 35.9 Å². The van der Waals surface area contributed by atoms with Crippen LogP contribution in [0.3, 0.4) is 0 Å². The SMILES string of the molecule is C[C@@H]1CC2C3CCC4=CC(=O)C=CC4(C)[C@@]3(Cl)[C@@H](O)CC2(C)[C@@]1(O)C(=O)N1CCc2ccccc2C1. The fraction of sp³-hybridized carbons (Fsp3) is 0.600. The second-order valence-electron chi connectivity index (χ2n) is 12.4. The molecule has 1 amide bonds. The maximum Gasteiger partial charge on any atom is 0.255 e. The summed E-state index contributed by atoms with van der Waals surface area (Å²) in [5.41, 5.74) is 0.363. The first-order valence-electron chi connectivity index (χ1n) is 13.4. The van der Waals surface area contributed by atoms with E-state index in [1.165, 1.54) is 5.56 Å². The molecule has 5 aliphatic rings. The van der Waals surface area contributed by atoms with Crippen molar-refractivity contribution in [2.75, 3.05) is 6.54 Å². The van der Waals surface area contributed by atoms with Gasteiger partial charge in [-0.15, -0.1) is 11.6 Å². The Kier molecular flexibility index (Phi) is 5.27. The Labute approximate surface area is 218 Å². The molecule has 0 spiro atoms. The molecule has 4 aliphatic carbocycles. The minimum atomic E-state index is -1.57. The van der Waals surface area contributed by atoms with Gasteiger partial charge in [-0.3, -0.25) is 9.59 Å². The number of rotatable bonds is 1. The second kappa shape index (κ2) is 7.78. The average Bonchev–Trinajstić information content (AvgIpc) is 3.06. The molecule has 1 aromatic rings. The van der Waals surface area contributed by atoms with Crippen LogP contribution in [0.15, 0.2) is 48.1 Å². The lowest BCUT2D eigenvalue weighted by Gasteiger charge is -2.64. The molecule has 3 fully saturated rings. The minimum Gasteiger partial charge on any atom is -0.391 e. The summed E-state index contributed by atoms with van der Waals surface area (Å²) in [4.78, 5) is 27.1. The fourth-order valence-corrected chi connectivity index (χ4v) is 9.44. The predicted octanol–water partition coefficient (Wildman–Crippen LogP) is 4.19. The maximum absolute atomic E-state index is 14.2. The van der Waals surface area contributed by atoms with Gasteiger partial charge in [0.25, 0.3) is 5.91 Å². The molecule has 0 radical (unpaired) electrons. The largest absolute Gasteiger partial charge is 0.391 e. The first-order valence-corrected chi connectivity index (χ1v) is 13.7. The molecule has 4 unspecified atom stereocenters. The molecule has 2 N–H and O–H groups in total. The Balaban J connectivity index is 1.37. The molecule has 5 nitrogen and oxygen atoms in total. The van der Waals surface area contributed by atoms with Gasteiger partial charge in [-0.1, -0.05) is 56.7 Å². The van der Waals surface area contributed by atoms with Gasteiger partial charge in [0.05, 0.1) is 11.0 Å². The summed E-state index contributed by atoms with van der Waals surface area (Å²) in [6.07, 6.45) is 7.40. The number of hydrogen-bond donors (Lipinski definition) is 2. The summed E-state index contributed by atoms with van der Waals surface area (Å²) in [7, 11) is 0. The van der Waals surface area contributed by atoms with Gasteiger partial charge in [0.2, 0.25) is 0 Å². The number of alkyl halides is 1. The highest BCUT2D eigenvalue weighted by atomic mass is 35.5. The van der Waals surface area contributed by atoms with E-state index in [1.807, 2.05) is 43.9 Å². The second-order valence-corrected chi connectivity index (χ2v) is 13.0. The van der Waals surface area contributed by atoms with Crippen LogP contribution < -0.4 is 0 Å². The Hall–Kier alpha value is -1.95. The Morgan fingerprint density at radius 1 is 1.14 bits per heavy atom. The van der Waals surface area contributed by atoms with Crippen LogP contribution in [0.4, 0.5) is 0 Å². The van der Waals surface area contributed by atoms with Crippen LogP contribution in [-0.4, -0.2) is 49.9 Å². The van der Waals surface area contributed by atoms with Gasteiger partial charge in [-0.2, -0.15) is 0 Å². The zero-order chi connectivity index (χ0) is 25.7. The number of fused-ring (bicyclic) bond motifs is 6. The average molecular weight is 510 g/mol. The number of carbonyl (C=O) groups excluding carboxylic acids is 2. The summed E-state index contributed by atoms with van der Waals surface area (Å²) in [6, 6.07) is 8.19. The first kappa shape index (κ1) is 24.4. The molecule has 0 aromatic heterocycles. The molecule has 8 atom stereocenters. The standard InChI is InChI=1S/C30H36ClNO4/c1-18-14-24-23-9-8-21-15-22(33)10-12-27(21,2)29(23,31)25(34)16-28(24,3)30(18,36)26(35)32-13-11-19-6-4-5-7-20(19)17-32/h4-7,10,12,15,18,23-25,34,36H,8-9,11,13-14,16-17H2,1-3H3/t18-,23?,24?,25+,27?,28?,29+,30+/m1/s1. The van der Waals surface area contributed by atoms with Crippen molar-refractivity contribution in [3.8, 4) is 0 Å². The van der Waals surface area contributed by atoms with Crippen LogP contribution in [0.25, 0.3) is 0 Å². The minimum absolute atomic E-state index is 0.0103.